The van der Waals surface area contributed by atoms with Crippen LogP contribution in [0.15, 0.2) is 137 Å². The van der Waals surface area contributed by atoms with Crippen LogP contribution in [0.2, 0.25) is 0 Å². The molecule has 0 saturated carbocycles. The van der Waals surface area contributed by atoms with Crippen molar-refractivity contribution in [1.82, 2.24) is 0 Å². The van der Waals surface area contributed by atoms with Crippen molar-refractivity contribution in [1.29, 1.82) is 0 Å². The van der Waals surface area contributed by atoms with Crippen molar-refractivity contribution in [3.63, 3.8) is 0 Å². The molecular formula is C31H28Cl2OTi. The van der Waals surface area contributed by atoms with Crippen LogP contribution in [-0.2, 0) is 17.8 Å². The molecule has 0 fully saturated rings. The maximum atomic E-state index is 7.03. The molecule has 4 aromatic rings. The van der Waals surface area contributed by atoms with E-state index < -0.39 is 17.8 Å². The van der Waals surface area contributed by atoms with Gasteiger partial charge < -0.3 is 0 Å². The summed E-state index contributed by atoms with van der Waals surface area (Å²) in [6, 6.07) is 40.6. The van der Waals surface area contributed by atoms with Crippen LogP contribution in [0.5, 0.6) is 5.75 Å². The van der Waals surface area contributed by atoms with Crippen molar-refractivity contribution in [2.45, 2.75) is 13.3 Å². The largest absolute Gasteiger partial charge is 0.147 e. The van der Waals surface area contributed by atoms with Crippen LogP contribution < -0.4 is 3.32 Å². The second-order valence-corrected chi connectivity index (χ2v) is 11.3. The Kier molecular flexibility index (Phi) is 9.89. The first-order valence-electron chi connectivity index (χ1n) is 11.3. The van der Waals surface area contributed by atoms with E-state index >= 15 is 0 Å². The van der Waals surface area contributed by atoms with Gasteiger partial charge in [-0.3, -0.25) is 0 Å². The van der Waals surface area contributed by atoms with Gasteiger partial charge in [0.15, 0.2) is 0 Å². The van der Waals surface area contributed by atoms with E-state index in [9.17, 15) is 0 Å². The van der Waals surface area contributed by atoms with Crippen LogP contribution in [0.4, 0.5) is 0 Å². The molecule has 0 unspecified atom stereocenters. The van der Waals surface area contributed by atoms with Crippen LogP contribution in [-0.4, -0.2) is 3.81 Å². The van der Waals surface area contributed by atoms with Gasteiger partial charge in [0.1, 0.15) is 0 Å². The number of halogens is 2. The molecule has 0 saturated heterocycles. The standard InChI is InChI=1S/C13H10.C12H10O.C6H7.2ClH.Ti/c1-3-7-12(8-4-1)11-13-9-5-2-6-10-13;13-12-8-4-7-11(9-12)10-5-2-1-3-6-10;1-6-4-2-3-5-6;;;/h1-10H;1-9,13H;2,4H,3H2,1H3;2*1H;/q;;;;;+1/p-1. The molecule has 4 aromatic carbocycles. The Hall–Kier alpha value is -2.68. The summed E-state index contributed by atoms with van der Waals surface area (Å²) in [6.45, 7) is 2.23. The summed E-state index contributed by atoms with van der Waals surface area (Å²) >= 11 is -2.39. The summed E-state index contributed by atoms with van der Waals surface area (Å²) in [5.41, 5.74) is 6.25. The fraction of sp³-hybridized carbons (Fsp3) is 0.0645. The minimum absolute atomic E-state index is 0. The smallest absolute Gasteiger partial charge is 0.147 e. The van der Waals surface area contributed by atoms with E-state index in [-0.39, 0.29) is 24.8 Å². The van der Waals surface area contributed by atoms with E-state index in [0.717, 1.165) is 12.2 Å². The second-order valence-electron chi connectivity index (χ2n) is 8.20. The van der Waals surface area contributed by atoms with Gasteiger partial charge in [0.2, 0.25) is 0 Å². The van der Waals surface area contributed by atoms with Crippen molar-refractivity contribution in [2.24, 2.45) is 0 Å². The minimum Gasteiger partial charge on any atom is -0.147 e. The van der Waals surface area contributed by atoms with Gasteiger partial charge in [0.05, 0.1) is 0 Å². The monoisotopic (exact) mass is 534 g/mol. The second kappa shape index (κ2) is 12.9. The van der Waals surface area contributed by atoms with E-state index in [2.05, 4.69) is 134 Å². The molecule has 0 heterocycles. The van der Waals surface area contributed by atoms with E-state index in [0.29, 0.717) is 0 Å². The van der Waals surface area contributed by atoms with Crippen LogP contribution in [0.25, 0.3) is 11.1 Å². The molecule has 35 heavy (non-hydrogen) atoms. The first-order valence-corrected chi connectivity index (χ1v) is 13.5. The summed E-state index contributed by atoms with van der Waals surface area (Å²) in [5.74, 6) is 0.947. The Bertz CT molecular complexity index is 1300. The quantitative estimate of drug-likeness (QED) is 0.225. The number of allylic oxidation sites excluding steroid dienone is 4. The third-order valence-corrected chi connectivity index (χ3v) is 10.0. The zero-order chi connectivity index (χ0) is 22.5. The van der Waals surface area contributed by atoms with E-state index in [1.165, 1.54) is 35.5 Å². The summed E-state index contributed by atoms with van der Waals surface area (Å²) in [5, 5.41) is 0. The van der Waals surface area contributed by atoms with Crippen molar-refractivity contribution >= 4 is 28.6 Å². The van der Waals surface area contributed by atoms with E-state index in [4.69, 9.17) is 3.32 Å². The van der Waals surface area contributed by atoms with Crippen LogP contribution in [0, 0.1) is 0 Å². The molecule has 1 aliphatic carbocycles. The molecule has 0 spiro atoms. The molecule has 0 bridgehead atoms. The zero-order valence-electron chi connectivity index (χ0n) is 19.6. The van der Waals surface area contributed by atoms with Crippen molar-refractivity contribution in [3.05, 3.63) is 148 Å². The average Bonchev–Trinajstić information content (AvgIpc) is 3.31. The molecule has 1 aliphatic rings. The Labute approximate surface area is 226 Å². The molecule has 0 atom stereocenters. The van der Waals surface area contributed by atoms with Crippen molar-refractivity contribution in [3.8, 4) is 16.9 Å². The molecular weight excluding hydrogens is 507 g/mol. The molecule has 0 radical (unpaired) electrons. The first-order chi connectivity index (χ1) is 16.3. The van der Waals surface area contributed by atoms with E-state index in [1.54, 1.807) is 0 Å². The molecule has 0 aromatic heterocycles. The van der Waals surface area contributed by atoms with Crippen LogP contribution >= 0.6 is 24.8 Å². The summed E-state index contributed by atoms with van der Waals surface area (Å²) in [7, 11) is 0. The minimum atomic E-state index is -2.39. The van der Waals surface area contributed by atoms with Gasteiger partial charge in [0.25, 0.3) is 0 Å². The molecule has 0 aliphatic heterocycles. The van der Waals surface area contributed by atoms with Gasteiger partial charge in [-0.15, -0.1) is 24.8 Å². The fourth-order valence-electron chi connectivity index (χ4n) is 4.28. The molecule has 0 N–H and O–H groups in total. The molecule has 176 valence electrons. The molecule has 4 heteroatoms. The van der Waals surface area contributed by atoms with E-state index in [1.807, 2.05) is 0 Å². The summed E-state index contributed by atoms with van der Waals surface area (Å²) < 4.78 is 9.87. The van der Waals surface area contributed by atoms with Gasteiger partial charge in [-0.05, 0) is 0 Å². The summed E-state index contributed by atoms with van der Waals surface area (Å²) in [6.07, 6.45) is 5.50. The third kappa shape index (κ3) is 6.31. The Morgan fingerprint density at radius 1 is 0.657 bits per heavy atom. The zero-order valence-corrected chi connectivity index (χ0v) is 22.8. The number of hydrogen-bond donors (Lipinski definition) is 0. The molecule has 0 amide bonds. The Balaban J connectivity index is 0.00000171. The third-order valence-electron chi connectivity index (χ3n) is 5.95. The van der Waals surface area contributed by atoms with Gasteiger partial charge >= 0.3 is 203 Å². The van der Waals surface area contributed by atoms with Gasteiger partial charge in [-0.25, -0.2) is 0 Å². The van der Waals surface area contributed by atoms with Gasteiger partial charge in [-0.1, -0.05) is 0 Å². The Morgan fingerprint density at radius 3 is 1.74 bits per heavy atom. The number of hydrogen-bond acceptors (Lipinski definition) is 1. The topological polar surface area (TPSA) is 9.23 Å². The molecule has 1 nitrogen and oxygen atoms in total. The maximum absolute atomic E-state index is 7.03. The van der Waals surface area contributed by atoms with Crippen molar-refractivity contribution < 1.29 is 21.1 Å². The Morgan fingerprint density at radius 2 is 1.20 bits per heavy atom. The molecule has 5 rings (SSSR count). The first kappa shape index (κ1) is 26.9. The normalized spacial score (nSPS) is 11.9. The number of benzene rings is 4. The predicted molar refractivity (Wildman–Crippen MR) is 150 cm³/mol. The van der Waals surface area contributed by atoms with Gasteiger partial charge in [-0.2, -0.15) is 0 Å². The van der Waals surface area contributed by atoms with Crippen LogP contribution in [0.3, 0.4) is 0 Å². The average molecular weight is 535 g/mol. The van der Waals surface area contributed by atoms with Crippen LogP contribution in [0.1, 0.15) is 24.5 Å². The van der Waals surface area contributed by atoms with Crippen molar-refractivity contribution in [2.75, 3.05) is 0 Å². The SMILES string of the molecule is CC1=[C]([Ti]([O]c2cccc(-c3ccccc3)c2)=[C](c2ccccc2)c2ccccc2)CC=C1.Cl.Cl. The number of rotatable bonds is 6. The van der Waals surface area contributed by atoms with Gasteiger partial charge in [0, 0.05) is 0 Å². The predicted octanol–water partition coefficient (Wildman–Crippen LogP) is 8.61. The maximum Gasteiger partial charge on any atom is -0.147 e. The fourth-order valence-corrected chi connectivity index (χ4v) is 8.17. The summed E-state index contributed by atoms with van der Waals surface area (Å²) in [4.78, 5) is 0.